The first-order valence-corrected chi connectivity index (χ1v) is 9.22. The van der Waals surface area contributed by atoms with Crippen LogP contribution in [0, 0.1) is 5.92 Å². The van der Waals surface area contributed by atoms with E-state index in [2.05, 4.69) is 4.98 Å². The van der Waals surface area contributed by atoms with E-state index in [1.807, 2.05) is 41.3 Å². The van der Waals surface area contributed by atoms with Crippen molar-refractivity contribution in [2.75, 3.05) is 13.1 Å². The number of benzene rings is 1. The van der Waals surface area contributed by atoms with Crippen LogP contribution in [0.4, 0.5) is 0 Å². The normalized spacial score (nSPS) is 19.6. The second kappa shape index (κ2) is 7.08. The van der Waals surface area contributed by atoms with Gasteiger partial charge in [0.25, 0.3) is 0 Å². The predicted octanol–water partition coefficient (Wildman–Crippen LogP) is 2.67. The SMILES string of the molecule is O=C1C[C@@H](C(=O)N2CCc3c(Cl)cccc3C2)CN1Cc1ccccn1. The second-order valence-electron chi connectivity index (χ2n) is 6.88. The molecule has 3 heterocycles. The van der Waals surface area contributed by atoms with Crippen LogP contribution in [0.2, 0.25) is 5.02 Å². The molecule has 2 aliphatic heterocycles. The van der Waals surface area contributed by atoms with Crippen molar-refractivity contribution in [3.8, 4) is 0 Å². The fourth-order valence-corrected chi connectivity index (χ4v) is 4.08. The zero-order chi connectivity index (χ0) is 18.1. The third kappa shape index (κ3) is 3.31. The Balaban J connectivity index is 1.42. The van der Waals surface area contributed by atoms with E-state index in [1.165, 1.54) is 0 Å². The lowest BCUT2D eigenvalue weighted by molar-refractivity contribution is -0.136. The van der Waals surface area contributed by atoms with Gasteiger partial charge in [0.1, 0.15) is 0 Å². The van der Waals surface area contributed by atoms with Crippen LogP contribution in [0.15, 0.2) is 42.6 Å². The fourth-order valence-electron chi connectivity index (χ4n) is 3.79. The maximum atomic E-state index is 12.9. The number of carbonyl (C=O) groups is 2. The summed E-state index contributed by atoms with van der Waals surface area (Å²) >= 11 is 6.25. The highest BCUT2D eigenvalue weighted by atomic mass is 35.5. The van der Waals surface area contributed by atoms with Gasteiger partial charge in [-0.25, -0.2) is 0 Å². The Bertz CT molecular complexity index is 840. The Kier molecular flexibility index (Phi) is 4.64. The number of rotatable bonds is 3. The minimum absolute atomic E-state index is 0.0226. The van der Waals surface area contributed by atoms with Gasteiger partial charge in [0, 0.05) is 37.3 Å². The first kappa shape index (κ1) is 17.0. The molecule has 0 N–H and O–H groups in total. The van der Waals surface area contributed by atoms with Crippen molar-refractivity contribution in [1.82, 2.24) is 14.8 Å². The first-order chi connectivity index (χ1) is 12.6. The van der Waals surface area contributed by atoms with Gasteiger partial charge < -0.3 is 9.80 Å². The van der Waals surface area contributed by atoms with Crippen molar-refractivity contribution >= 4 is 23.4 Å². The van der Waals surface area contributed by atoms with Gasteiger partial charge in [0.2, 0.25) is 11.8 Å². The summed E-state index contributed by atoms with van der Waals surface area (Å²) in [5, 5.41) is 0.771. The zero-order valence-corrected chi connectivity index (χ0v) is 15.2. The van der Waals surface area contributed by atoms with Crippen LogP contribution in [0.1, 0.15) is 23.2 Å². The number of pyridine rings is 1. The van der Waals surface area contributed by atoms with E-state index in [0.717, 1.165) is 28.3 Å². The van der Waals surface area contributed by atoms with Gasteiger partial charge in [0.15, 0.2) is 0 Å². The van der Waals surface area contributed by atoms with Crippen molar-refractivity contribution in [3.63, 3.8) is 0 Å². The van der Waals surface area contributed by atoms with Crippen LogP contribution in [0.5, 0.6) is 0 Å². The maximum Gasteiger partial charge on any atom is 0.228 e. The van der Waals surface area contributed by atoms with Crippen LogP contribution in [0.3, 0.4) is 0 Å². The lowest BCUT2D eigenvalue weighted by Gasteiger charge is -2.31. The standard InChI is InChI=1S/C20H20ClN3O2/c21-18-6-3-4-14-11-23(9-7-17(14)18)20(26)15-10-19(25)24(12-15)13-16-5-1-2-8-22-16/h1-6,8,15H,7,9-13H2/t15-/m1/s1. The molecule has 0 unspecified atom stereocenters. The summed E-state index contributed by atoms with van der Waals surface area (Å²) in [6.45, 7) is 2.15. The summed E-state index contributed by atoms with van der Waals surface area (Å²) < 4.78 is 0. The Labute approximate surface area is 157 Å². The number of hydrogen-bond donors (Lipinski definition) is 0. The molecule has 1 fully saturated rings. The van der Waals surface area contributed by atoms with E-state index in [4.69, 9.17) is 11.6 Å². The molecule has 0 radical (unpaired) electrons. The van der Waals surface area contributed by atoms with Crippen molar-refractivity contribution in [3.05, 3.63) is 64.4 Å². The molecule has 1 atom stereocenters. The topological polar surface area (TPSA) is 53.5 Å². The summed E-state index contributed by atoms with van der Waals surface area (Å²) in [7, 11) is 0. The summed E-state index contributed by atoms with van der Waals surface area (Å²) in [5.74, 6) is -0.186. The molecule has 134 valence electrons. The molecule has 2 amide bonds. The summed E-state index contributed by atoms with van der Waals surface area (Å²) in [6, 6.07) is 11.5. The highest BCUT2D eigenvalue weighted by Crippen LogP contribution is 2.28. The maximum absolute atomic E-state index is 12.9. The fraction of sp³-hybridized carbons (Fsp3) is 0.350. The van der Waals surface area contributed by atoms with Crippen molar-refractivity contribution in [1.29, 1.82) is 0 Å². The number of amides is 2. The highest BCUT2D eigenvalue weighted by molar-refractivity contribution is 6.31. The lowest BCUT2D eigenvalue weighted by atomic mass is 9.98. The first-order valence-electron chi connectivity index (χ1n) is 8.84. The summed E-state index contributed by atoms with van der Waals surface area (Å²) in [6.07, 6.45) is 2.76. The number of likely N-dealkylation sites (tertiary alicyclic amines) is 1. The third-order valence-corrected chi connectivity index (χ3v) is 5.52. The van der Waals surface area contributed by atoms with E-state index >= 15 is 0 Å². The molecule has 0 bridgehead atoms. The highest BCUT2D eigenvalue weighted by Gasteiger charge is 2.37. The number of carbonyl (C=O) groups excluding carboxylic acids is 2. The number of aromatic nitrogens is 1. The number of hydrogen-bond acceptors (Lipinski definition) is 3. The number of nitrogens with zero attached hydrogens (tertiary/aromatic N) is 3. The van der Waals surface area contributed by atoms with Crippen LogP contribution in [0.25, 0.3) is 0 Å². The van der Waals surface area contributed by atoms with E-state index < -0.39 is 0 Å². The van der Waals surface area contributed by atoms with Gasteiger partial charge in [-0.05, 0) is 35.7 Å². The predicted molar refractivity (Wildman–Crippen MR) is 98.3 cm³/mol. The Hall–Kier alpha value is -2.40. The molecule has 6 heteroatoms. The molecule has 0 aliphatic carbocycles. The van der Waals surface area contributed by atoms with Crippen molar-refractivity contribution in [2.24, 2.45) is 5.92 Å². The lowest BCUT2D eigenvalue weighted by Crippen LogP contribution is -2.40. The molecule has 4 rings (SSSR count). The van der Waals surface area contributed by atoms with Gasteiger partial charge in [-0.1, -0.05) is 29.8 Å². The van der Waals surface area contributed by atoms with E-state index in [9.17, 15) is 9.59 Å². The summed E-state index contributed by atoms with van der Waals surface area (Å²) in [5.41, 5.74) is 3.08. The second-order valence-corrected chi connectivity index (χ2v) is 7.29. The Morgan fingerprint density at radius 2 is 2.12 bits per heavy atom. The van der Waals surface area contributed by atoms with Crippen LogP contribution < -0.4 is 0 Å². The molecule has 0 saturated carbocycles. The monoisotopic (exact) mass is 369 g/mol. The molecule has 2 aromatic rings. The largest absolute Gasteiger partial charge is 0.338 e. The molecule has 2 aliphatic rings. The van der Waals surface area contributed by atoms with Gasteiger partial charge in [-0.2, -0.15) is 0 Å². The minimum atomic E-state index is -0.271. The van der Waals surface area contributed by atoms with E-state index in [1.54, 1.807) is 11.1 Å². The molecular formula is C20H20ClN3O2. The minimum Gasteiger partial charge on any atom is -0.338 e. The zero-order valence-electron chi connectivity index (χ0n) is 14.4. The summed E-state index contributed by atoms with van der Waals surface area (Å²) in [4.78, 5) is 33.1. The molecule has 1 aromatic heterocycles. The molecule has 5 nitrogen and oxygen atoms in total. The van der Waals surface area contributed by atoms with Crippen LogP contribution in [-0.2, 0) is 29.1 Å². The van der Waals surface area contributed by atoms with Gasteiger partial charge in [-0.3, -0.25) is 14.6 Å². The van der Waals surface area contributed by atoms with E-state index in [-0.39, 0.29) is 24.2 Å². The van der Waals surface area contributed by atoms with Crippen LogP contribution >= 0.6 is 11.6 Å². The van der Waals surface area contributed by atoms with Gasteiger partial charge in [0.05, 0.1) is 18.2 Å². The number of fused-ring (bicyclic) bond motifs is 1. The molecule has 26 heavy (non-hydrogen) atoms. The average Bonchev–Trinajstić information content (AvgIpc) is 3.02. The van der Waals surface area contributed by atoms with Crippen molar-refractivity contribution in [2.45, 2.75) is 25.9 Å². The Morgan fingerprint density at radius 3 is 2.92 bits per heavy atom. The average molecular weight is 370 g/mol. The Morgan fingerprint density at radius 1 is 1.23 bits per heavy atom. The molecule has 1 saturated heterocycles. The molecule has 1 aromatic carbocycles. The number of halogens is 1. The quantitative estimate of drug-likeness (QED) is 0.835. The third-order valence-electron chi connectivity index (χ3n) is 5.16. The molecular weight excluding hydrogens is 350 g/mol. The van der Waals surface area contributed by atoms with Crippen molar-refractivity contribution < 1.29 is 9.59 Å². The smallest absolute Gasteiger partial charge is 0.228 e. The van der Waals surface area contributed by atoms with E-state index in [0.29, 0.717) is 26.2 Å². The van der Waals surface area contributed by atoms with Crippen LogP contribution in [-0.4, -0.2) is 39.7 Å². The molecule has 0 spiro atoms. The van der Waals surface area contributed by atoms with Gasteiger partial charge in [-0.15, -0.1) is 0 Å². The van der Waals surface area contributed by atoms with Gasteiger partial charge >= 0.3 is 0 Å².